The van der Waals surface area contributed by atoms with Crippen LogP contribution in [0.5, 0.6) is 0 Å². The van der Waals surface area contributed by atoms with Gasteiger partial charge in [0.15, 0.2) is 0 Å². The van der Waals surface area contributed by atoms with E-state index in [-0.39, 0.29) is 26.4 Å². The minimum atomic E-state index is -0.671. The first-order valence-electron chi connectivity index (χ1n) is 20.9. The maximum Gasteiger partial charge on any atom is 0.508 e. The Kier molecular flexibility index (Phi) is 13.7. The molecule has 0 aliphatic heterocycles. The predicted molar refractivity (Wildman–Crippen MR) is 249 cm³/mol. The lowest BCUT2D eigenvalue weighted by molar-refractivity contribution is 0.0527. The number of ether oxygens (including phenoxy) is 4. The Morgan fingerprint density at radius 2 is 0.629 bits per heavy atom. The summed E-state index contributed by atoms with van der Waals surface area (Å²) >= 11 is 0. The van der Waals surface area contributed by atoms with Crippen molar-refractivity contribution < 1.29 is 28.5 Å². The summed E-state index contributed by atoms with van der Waals surface area (Å²) in [5, 5.41) is 0. The molecule has 0 bridgehead atoms. The molecule has 0 atom stereocenters. The second kappa shape index (κ2) is 19.8. The molecule has 0 saturated heterocycles. The molecule has 0 fully saturated rings. The normalized spacial score (nSPS) is 10.8. The summed E-state index contributed by atoms with van der Waals surface area (Å²) in [5.74, 6) is 0. The van der Waals surface area contributed by atoms with Crippen LogP contribution in [-0.2, 0) is 32.2 Å². The number of nitrogens with zero attached hydrogens (tertiary/aromatic N) is 2. The van der Waals surface area contributed by atoms with Gasteiger partial charge in [-0.15, -0.1) is 0 Å². The first-order chi connectivity index (χ1) is 30.1. The lowest BCUT2D eigenvalue weighted by atomic mass is 9.99. The van der Waals surface area contributed by atoms with Crippen LogP contribution in [-0.4, -0.2) is 25.5 Å². The minimum Gasteiger partial charge on any atom is -0.435 e. The molecule has 0 unspecified atom stereocenters. The Balaban J connectivity index is 1.09. The maximum atomic E-state index is 11.7. The average Bonchev–Trinajstić information content (AvgIpc) is 3.29. The van der Waals surface area contributed by atoms with Crippen molar-refractivity contribution in [2.24, 2.45) is 0 Å². The van der Waals surface area contributed by atoms with Gasteiger partial charge in [0.25, 0.3) is 0 Å². The van der Waals surface area contributed by atoms with Gasteiger partial charge in [0.2, 0.25) is 0 Å². The van der Waals surface area contributed by atoms with Gasteiger partial charge in [-0.05, 0) is 170 Å². The summed E-state index contributed by atoms with van der Waals surface area (Å²) in [6.07, 6.45) is -1.34. The zero-order valence-electron chi connectivity index (χ0n) is 36.2. The maximum absolute atomic E-state index is 11.7. The van der Waals surface area contributed by atoms with Crippen molar-refractivity contribution in [2.45, 2.75) is 54.8 Å². The van der Waals surface area contributed by atoms with Gasteiger partial charge in [-0.1, -0.05) is 84.9 Å². The molecule has 0 amide bonds. The zero-order chi connectivity index (χ0) is 43.6. The zero-order valence-corrected chi connectivity index (χ0v) is 36.2. The molecule has 8 heteroatoms. The number of carbonyl (C=O) groups is 2. The number of hydrogen-bond acceptors (Lipinski definition) is 8. The summed E-state index contributed by atoms with van der Waals surface area (Å²) in [5.41, 5.74) is 17.3. The second-order valence-electron chi connectivity index (χ2n) is 15.2. The van der Waals surface area contributed by atoms with Crippen LogP contribution in [0.4, 0.5) is 43.7 Å². The monoisotopic (exact) mass is 824 g/mol. The number of carbonyl (C=O) groups excluding carboxylic acids is 2. The van der Waals surface area contributed by atoms with Crippen molar-refractivity contribution in [3.8, 4) is 22.3 Å². The summed E-state index contributed by atoms with van der Waals surface area (Å²) in [6, 6.07) is 55.0. The molecule has 0 heterocycles. The van der Waals surface area contributed by atoms with Crippen LogP contribution in [0.1, 0.15) is 47.2 Å². The van der Waals surface area contributed by atoms with Gasteiger partial charge in [0, 0.05) is 34.1 Å². The summed E-state index contributed by atoms with van der Waals surface area (Å²) in [4.78, 5) is 28.0. The van der Waals surface area contributed by atoms with Gasteiger partial charge in [0.1, 0.15) is 13.2 Å². The Labute approximate surface area is 364 Å². The Morgan fingerprint density at radius 3 is 0.919 bits per heavy atom. The third-order valence-corrected chi connectivity index (χ3v) is 10.9. The van der Waals surface area contributed by atoms with Gasteiger partial charge in [-0.25, -0.2) is 9.59 Å². The van der Waals surface area contributed by atoms with Crippen molar-refractivity contribution in [3.63, 3.8) is 0 Å². The van der Waals surface area contributed by atoms with Crippen LogP contribution in [0.2, 0.25) is 0 Å². The highest BCUT2D eigenvalue weighted by Gasteiger charge is 2.16. The Hall–Kier alpha value is -7.32. The summed E-state index contributed by atoms with van der Waals surface area (Å²) < 4.78 is 20.3. The molecule has 7 aromatic rings. The number of aryl methyl sites for hydroxylation is 4. The van der Waals surface area contributed by atoms with E-state index in [2.05, 4.69) is 147 Å². The number of anilines is 6. The first-order valence-corrected chi connectivity index (χ1v) is 20.9. The molecule has 8 nitrogen and oxygen atoms in total. The van der Waals surface area contributed by atoms with E-state index in [4.69, 9.17) is 18.9 Å². The molecule has 0 N–H and O–H groups in total. The second-order valence-corrected chi connectivity index (χ2v) is 15.2. The molecule has 0 aliphatic carbocycles. The fourth-order valence-corrected chi connectivity index (χ4v) is 7.17. The minimum absolute atomic E-state index is 0.141. The Bertz CT molecular complexity index is 2420. The molecule has 0 spiro atoms. The summed E-state index contributed by atoms with van der Waals surface area (Å²) in [6.45, 7) is 12.8. The molecule has 0 radical (unpaired) electrons. The molecule has 62 heavy (non-hydrogen) atoms. The van der Waals surface area contributed by atoms with E-state index in [0.717, 1.165) is 67.5 Å². The first kappa shape index (κ1) is 42.8. The topological polar surface area (TPSA) is 77.5 Å². The molecule has 0 saturated carbocycles. The molecule has 7 rings (SSSR count). The fraction of sp³-hybridized carbons (Fsp3) is 0.185. The smallest absolute Gasteiger partial charge is 0.435 e. The van der Waals surface area contributed by atoms with Crippen LogP contribution in [0, 0.1) is 27.7 Å². The predicted octanol–water partition coefficient (Wildman–Crippen LogP) is 14.5. The quantitative estimate of drug-likeness (QED) is 0.100. The largest absolute Gasteiger partial charge is 0.508 e. The lowest BCUT2D eigenvalue weighted by Crippen LogP contribution is -2.11. The van der Waals surface area contributed by atoms with E-state index in [0.29, 0.717) is 0 Å². The van der Waals surface area contributed by atoms with Gasteiger partial charge in [-0.2, -0.15) is 0 Å². The van der Waals surface area contributed by atoms with Crippen molar-refractivity contribution >= 4 is 46.4 Å². The molecular formula is C54H52N2O6. The lowest BCUT2D eigenvalue weighted by Gasteiger charge is -2.26. The van der Waals surface area contributed by atoms with Crippen molar-refractivity contribution in [3.05, 3.63) is 191 Å². The van der Waals surface area contributed by atoms with Crippen molar-refractivity contribution in [1.29, 1.82) is 0 Å². The highest BCUT2D eigenvalue weighted by atomic mass is 16.7. The van der Waals surface area contributed by atoms with Gasteiger partial charge >= 0.3 is 12.3 Å². The van der Waals surface area contributed by atoms with E-state index < -0.39 is 12.3 Å². The van der Waals surface area contributed by atoms with E-state index in [1.807, 2.05) is 48.5 Å². The molecule has 314 valence electrons. The highest BCUT2D eigenvalue weighted by Crippen LogP contribution is 2.39. The van der Waals surface area contributed by atoms with Crippen LogP contribution in [0.3, 0.4) is 0 Å². The van der Waals surface area contributed by atoms with E-state index in [1.54, 1.807) is 13.8 Å². The van der Waals surface area contributed by atoms with Gasteiger partial charge in [0.05, 0.1) is 13.2 Å². The Morgan fingerprint density at radius 1 is 0.355 bits per heavy atom. The third-order valence-electron chi connectivity index (χ3n) is 10.9. The van der Waals surface area contributed by atoms with Gasteiger partial charge in [-0.3, -0.25) is 0 Å². The number of hydrogen-bond donors (Lipinski definition) is 0. The van der Waals surface area contributed by atoms with Crippen molar-refractivity contribution in [1.82, 2.24) is 0 Å². The summed E-state index contributed by atoms with van der Waals surface area (Å²) in [7, 11) is 0. The van der Waals surface area contributed by atoms with Crippen LogP contribution >= 0.6 is 0 Å². The third kappa shape index (κ3) is 10.3. The highest BCUT2D eigenvalue weighted by molar-refractivity contribution is 5.81. The molecule has 0 aromatic heterocycles. The number of rotatable bonds is 14. The molecule has 7 aromatic carbocycles. The van der Waals surface area contributed by atoms with Crippen molar-refractivity contribution in [2.75, 3.05) is 23.0 Å². The van der Waals surface area contributed by atoms with Crippen LogP contribution in [0.25, 0.3) is 22.3 Å². The average molecular weight is 825 g/mol. The molecular weight excluding hydrogens is 773 g/mol. The molecule has 0 aliphatic rings. The van der Waals surface area contributed by atoms with Gasteiger partial charge < -0.3 is 28.7 Å². The van der Waals surface area contributed by atoms with Crippen LogP contribution in [0.15, 0.2) is 158 Å². The fourth-order valence-electron chi connectivity index (χ4n) is 7.17. The van der Waals surface area contributed by atoms with E-state index in [1.165, 1.54) is 22.3 Å². The van der Waals surface area contributed by atoms with Crippen LogP contribution < -0.4 is 9.80 Å². The number of benzene rings is 7. The SMILES string of the molecule is CCOC(=O)OCc1ccc(N(c2ccc(-c3ccc(-c4ccc(N(c5ccc(COC(=O)OCC)cc5)c5ccc(C)c(C)c5)cc4)cc3)cc2)c2ccc(C)c(C)c2)cc1. The van der Waals surface area contributed by atoms with E-state index in [9.17, 15) is 9.59 Å². The standard InChI is InChI=1S/C54H52N2O6/c1-7-59-53(57)61-35-41-11-25-47(26-12-41)55(51-23-9-37(3)39(5)33-51)49-29-19-45(20-30-49)43-15-17-44(18-16-43)46-21-31-50(32-22-46)56(52-24-10-38(4)40(6)34-52)48-27-13-42(14-28-48)36-62-54(58)60-8-2/h9-34H,7-8,35-36H2,1-6H3. The van der Waals surface area contributed by atoms with E-state index >= 15 is 0 Å².